The van der Waals surface area contributed by atoms with Gasteiger partial charge in [0, 0.05) is 55.9 Å². The Labute approximate surface area is 219 Å². The summed E-state index contributed by atoms with van der Waals surface area (Å²) < 4.78 is 7.45. The lowest BCUT2D eigenvalue weighted by molar-refractivity contribution is -0.127. The highest BCUT2D eigenvalue weighted by molar-refractivity contribution is 7.08. The summed E-state index contributed by atoms with van der Waals surface area (Å²) in [7, 11) is 0. The van der Waals surface area contributed by atoms with E-state index < -0.39 is 0 Å². The molecule has 37 heavy (non-hydrogen) atoms. The lowest BCUT2D eigenvalue weighted by Crippen LogP contribution is -2.36. The maximum Gasteiger partial charge on any atom is 0.231 e. The molecule has 0 atom stereocenters. The van der Waals surface area contributed by atoms with E-state index in [4.69, 9.17) is 14.7 Å². The molecule has 11 heteroatoms. The standard InChI is InChI=1S/C26H30N8O2S/c35-22-3-1-10-33(22)11-2-9-27-24-23-25(34(18-28-23)21-8-16-37-17-21)31-26(30-24)29-19-4-6-20(7-5-19)32-12-14-36-15-13-32/h4-8,16-18H,1-3,9-15H2,(H2,27,29,30,31). The number of morpholine rings is 1. The quantitative estimate of drug-likeness (QED) is 0.322. The normalized spacial score (nSPS) is 16.1. The van der Waals surface area contributed by atoms with Gasteiger partial charge in [0.2, 0.25) is 11.9 Å². The summed E-state index contributed by atoms with van der Waals surface area (Å²) in [4.78, 5) is 30.4. The number of carbonyl (C=O) groups is 1. The first-order valence-corrected chi connectivity index (χ1v) is 13.7. The van der Waals surface area contributed by atoms with Crippen molar-refractivity contribution >= 4 is 51.5 Å². The number of carbonyl (C=O) groups excluding carboxylic acids is 1. The Balaban J connectivity index is 1.22. The zero-order valence-corrected chi connectivity index (χ0v) is 21.4. The van der Waals surface area contributed by atoms with Crippen LogP contribution in [-0.2, 0) is 9.53 Å². The average Bonchev–Trinajstić information content (AvgIpc) is 3.69. The van der Waals surface area contributed by atoms with Crippen LogP contribution in [0.4, 0.5) is 23.1 Å². The first-order chi connectivity index (χ1) is 18.2. The summed E-state index contributed by atoms with van der Waals surface area (Å²) in [5.41, 5.74) is 4.57. The minimum absolute atomic E-state index is 0.255. The molecule has 6 rings (SSSR count). The van der Waals surface area contributed by atoms with Crippen molar-refractivity contribution in [2.45, 2.75) is 19.3 Å². The van der Waals surface area contributed by atoms with Gasteiger partial charge in [0.1, 0.15) is 6.33 Å². The van der Waals surface area contributed by atoms with E-state index in [-0.39, 0.29) is 5.91 Å². The maximum absolute atomic E-state index is 11.9. The molecule has 0 radical (unpaired) electrons. The van der Waals surface area contributed by atoms with E-state index in [1.54, 1.807) is 17.7 Å². The van der Waals surface area contributed by atoms with E-state index in [2.05, 4.69) is 50.2 Å². The molecule has 2 N–H and O–H groups in total. The Hall–Kier alpha value is -3.70. The number of thiophene rings is 1. The average molecular weight is 519 g/mol. The molecular weight excluding hydrogens is 488 g/mol. The number of fused-ring (bicyclic) bond motifs is 1. The Morgan fingerprint density at radius 3 is 2.65 bits per heavy atom. The molecule has 2 saturated heterocycles. The van der Waals surface area contributed by atoms with Crippen LogP contribution in [0.5, 0.6) is 0 Å². The molecule has 0 bridgehead atoms. The van der Waals surface area contributed by atoms with E-state index in [0.29, 0.717) is 24.7 Å². The Kier molecular flexibility index (Phi) is 6.87. The van der Waals surface area contributed by atoms with E-state index in [0.717, 1.165) is 74.8 Å². The van der Waals surface area contributed by atoms with Gasteiger partial charge in [0.15, 0.2) is 17.0 Å². The third-order valence-corrected chi connectivity index (χ3v) is 7.42. The first-order valence-electron chi connectivity index (χ1n) is 12.7. The van der Waals surface area contributed by atoms with Crippen LogP contribution in [0.1, 0.15) is 19.3 Å². The van der Waals surface area contributed by atoms with Crippen molar-refractivity contribution in [3.63, 3.8) is 0 Å². The number of amides is 1. The number of likely N-dealkylation sites (tertiary alicyclic amines) is 1. The highest BCUT2D eigenvalue weighted by Crippen LogP contribution is 2.27. The summed E-state index contributed by atoms with van der Waals surface area (Å²) in [6, 6.07) is 10.4. The van der Waals surface area contributed by atoms with Gasteiger partial charge in [-0.15, -0.1) is 0 Å². The first kappa shape index (κ1) is 23.7. The number of imidazole rings is 1. The highest BCUT2D eigenvalue weighted by Gasteiger charge is 2.20. The number of hydrogen-bond acceptors (Lipinski definition) is 9. The third kappa shape index (κ3) is 5.23. The predicted molar refractivity (Wildman–Crippen MR) is 146 cm³/mol. The molecule has 2 aliphatic heterocycles. The van der Waals surface area contributed by atoms with Crippen LogP contribution in [0.25, 0.3) is 16.9 Å². The van der Waals surface area contributed by atoms with Gasteiger partial charge in [0.25, 0.3) is 0 Å². The van der Waals surface area contributed by atoms with Crippen molar-refractivity contribution in [3.8, 4) is 5.69 Å². The fourth-order valence-corrected chi connectivity index (χ4v) is 5.41. The molecule has 192 valence electrons. The Morgan fingerprint density at radius 1 is 1.03 bits per heavy atom. The molecule has 0 unspecified atom stereocenters. The van der Waals surface area contributed by atoms with Gasteiger partial charge < -0.3 is 25.2 Å². The van der Waals surface area contributed by atoms with Crippen molar-refractivity contribution in [1.82, 2.24) is 24.4 Å². The van der Waals surface area contributed by atoms with Crippen molar-refractivity contribution in [1.29, 1.82) is 0 Å². The molecule has 10 nitrogen and oxygen atoms in total. The molecule has 1 amide bonds. The number of aromatic nitrogens is 4. The minimum atomic E-state index is 0.255. The molecule has 2 fully saturated rings. The number of hydrogen-bond donors (Lipinski definition) is 2. The van der Waals surface area contributed by atoms with Gasteiger partial charge in [-0.25, -0.2) is 4.98 Å². The maximum atomic E-state index is 11.9. The van der Waals surface area contributed by atoms with E-state index in [1.165, 1.54) is 5.69 Å². The second-order valence-electron chi connectivity index (χ2n) is 9.20. The SMILES string of the molecule is O=C1CCCN1CCCNc1nc(Nc2ccc(N3CCOCC3)cc2)nc2c1ncn2-c1ccsc1. The van der Waals surface area contributed by atoms with Crippen LogP contribution in [-0.4, -0.2) is 76.3 Å². The van der Waals surface area contributed by atoms with E-state index in [9.17, 15) is 4.79 Å². The van der Waals surface area contributed by atoms with Crippen LogP contribution in [0.15, 0.2) is 47.4 Å². The molecule has 1 aromatic carbocycles. The van der Waals surface area contributed by atoms with Crippen molar-refractivity contribution in [2.24, 2.45) is 0 Å². The van der Waals surface area contributed by atoms with Gasteiger partial charge in [0.05, 0.1) is 18.9 Å². The molecule has 3 aromatic heterocycles. The summed E-state index contributed by atoms with van der Waals surface area (Å²) in [5, 5.41) is 10.9. The second-order valence-corrected chi connectivity index (χ2v) is 9.98. The van der Waals surface area contributed by atoms with Crippen molar-refractivity contribution < 1.29 is 9.53 Å². The summed E-state index contributed by atoms with van der Waals surface area (Å²) >= 11 is 1.63. The van der Waals surface area contributed by atoms with Gasteiger partial charge in [-0.3, -0.25) is 9.36 Å². The largest absolute Gasteiger partial charge is 0.378 e. The van der Waals surface area contributed by atoms with E-state index >= 15 is 0 Å². The number of nitrogens with one attached hydrogen (secondary N) is 2. The van der Waals surface area contributed by atoms with Crippen LogP contribution in [0, 0.1) is 0 Å². The van der Waals surface area contributed by atoms with Crippen LogP contribution in [0.3, 0.4) is 0 Å². The lowest BCUT2D eigenvalue weighted by Gasteiger charge is -2.28. The minimum Gasteiger partial charge on any atom is -0.378 e. The predicted octanol–water partition coefficient (Wildman–Crippen LogP) is 3.88. The topological polar surface area (TPSA) is 100 Å². The van der Waals surface area contributed by atoms with Crippen LogP contribution in [0.2, 0.25) is 0 Å². The molecule has 2 aliphatic rings. The molecule has 4 aromatic rings. The monoisotopic (exact) mass is 518 g/mol. The Morgan fingerprint density at radius 2 is 1.89 bits per heavy atom. The van der Waals surface area contributed by atoms with Gasteiger partial charge >= 0.3 is 0 Å². The molecular formula is C26H30N8O2S. The third-order valence-electron chi connectivity index (χ3n) is 6.75. The molecule has 0 spiro atoms. The number of nitrogens with zero attached hydrogens (tertiary/aromatic N) is 6. The van der Waals surface area contributed by atoms with Gasteiger partial charge in [-0.05, 0) is 48.6 Å². The van der Waals surface area contributed by atoms with Crippen LogP contribution >= 0.6 is 11.3 Å². The van der Waals surface area contributed by atoms with E-state index in [1.807, 2.05) is 20.9 Å². The van der Waals surface area contributed by atoms with Crippen molar-refractivity contribution in [2.75, 3.05) is 61.5 Å². The number of benzene rings is 1. The van der Waals surface area contributed by atoms with Crippen LogP contribution < -0.4 is 15.5 Å². The smallest absolute Gasteiger partial charge is 0.231 e. The highest BCUT2D eigenvalue weighted by atomic mass is 32.1. The number of anilines is 4. The molecule has 0 saturated carbocycles. The second kappa shape index (κ2) is 10.7. The Bertz CT molecular complexity index is 1350. The molecule has 5 heterocycles. The van der Waals surface area contributed by atoms with Gasteiger partial charge in [-0.2, -0.15) is 21.3 Å². The summed E-state index contributed by atoms with van der Waals surface area (Å²) in [6.45, 7) is 5.63. The number of ether oxygens (including phenoxy) is 1. The lowest BCUT2D eigenvalue weighted by atomic mass is 10.2. The van der Waals surface area contributed by atoms with Gasteiger partial charge in [-0.1, -0.05) is 0 Å². The molecule has 0 aliphatic carbocycles. The zero-order valence-electron chi connectivity index (χ0n) is 20.6. The summed E-state index contributed by atoms with van der Waals surface area (Å²) in [5.74, 6) is 1.44. The van der Waals surface area contributed by atoms with Crippen molar-refractivity contribution in [3.05, 3.63) is 47.4 Å². The fourth-order valence-electron chi connectivity index (χ4n) is 4.79. The fraction of sp³-hybridized carbons (Fsp3) is 0.385. The zero-order chi connectivity index (χ0) is 25.0. The summed E-state index contributed by atoms with van der Waals surface area (Å²) in [6.07, 6.45) is 4.26. The number of rotatable bonds is 9.